The molecule has 2 aromatic rings. The fraction of sp³-hybridized carbons (Fsp3) is 0.333. The third-order valence-corrected chi connectivity index (χ3v) is 3.41. The molecule has 2 N–H and O–H groups in total. The van der Waals surface area contributed by atoms with Crippen molar-refractivity contribution in [1.29, 1.82) is 0 Å². The molecule has 1 amide bonds. The van der Waals surface area contributed by atoms with Crippen molar-refractivity contribution in [3.63, 3.8) is 0 Å². The maximum Gasteiger partial charge on any atom is 0.251 e. The lowest BCUT2D eigenvalue weighted by atomic mass is 10.1. The molecule has 122 valence electrons. The summed E-state index contributed by atoms with van der Waals surface area (Å²) in [5.74, 6) is 1.50. The van der Waals surface area contributed by atoms with E-state index in [0.29, 0.717) is 17.9 Å². The molecule has 0 saturated heterocycles. The molecule has 0 radical (unpaired) electrons. The summed E-state index contributed by atoms with van der Waals surface area (Å²) >= 11 is 0. The number of amides is 1. The van der Waals surface area contributed by atoms with E-state index in [9.17, 15) is 4.79 Å². The van der Waals surface area contributed by atoms with E-state index in [1.807, 2.05) is 25.1 Å². The van der Waals surface area contributed by atoms with Gasteiger partial charge < -0.3 is 15.4 Å². The summed E-state index contributed by atoms with van der Waals surface area (Å²) in [6.45, 7) is 3.44. The van der Waals surface area contributed by atoms with Gasteiger partial charge in [-0.15, -0.1) is 0 Å². The van der Waals surface area contributed by atoms with Crippen molar-refractivity contribution in [2.45, 2.75) is 19.8 Å². The summed E-state index contributed by atoms with van der Waals surface area (Å²) in [5, 5.41) is 6.11. The Morgan fingerprint density at radius 1 is 1.22 bits per heavy atom. The van der Waals surface area contributed by atoms with Crippen molar-refractivity contribution in [2.75, 3.05) is 25.5 Å². The van der Waals surface area contributed by atoms with Gasteiger partial charge in [0.25, 0.3) is 5.91 Å². The molecule has 0 bridgehead atoms. The highest BCUT2D eigenvalue weighted by Crippen LogP contribution is 2.13. The number of anilines is 1. The molecule has 1 aromatic heterocycles. The van der Waals surface area contributed by atoms with Gasteiger partial charge in [-0.05, 0) is 42.7 Å². The maximum atomic E-state index is 11.9. The number of aromatic nitrogens is 1. The standard InChI is InChI=1S/C18H23N3O2/c1-3-9-21-18(22)15-8-11-20-17(13-15)19-10-7-14-5-4-6-16(12-14)23-2/h4-6,8,11-13H,3,7,9-10H2,1-2H3,(H,19,20)(H,21,22). The van der Waals surface area contributed by atoms with Crippen LogP contribution in [0.15, 0.2) is 42.6 Å². The number of nitrogens with one attached hydrogen (secondary N) is 2. The van der Waals surface area contributed by atoms with Crippen LogP contribution in [0, 0.1) is 0 Å². The van der Waals surface area contributed by atoms with Gasteiger partial charge in [-0.1, -0.05) is 19.1 Å². The van der Waals surface area contributed by atoms with Gasteiger partial charge in [0.2, 0.25) is 0 Å². The van der Waals surface area contributed by atoms with E-state index in [-0.39, 0.29) is 5.91 Å². The van der Waals surface area contributed by atoms with Crippen LogP contribution in [0.3, 0.4) is 0 Å². The summed E-state index contributed by atoms with van der Waals surface area (Å²) in [6.07, 6.45) is 3.42. The summed E-state index contributed by atoms with van der Waals surface area (Å²) in [5.41, 5.74) is 1.81. The van der Waals surface area contributed by atoms with E-state index < -0.39 is 0 Å². The Morgan fingerprint density at radius 3 is 2.87 bits per heavy atom. The molecular weight excluding hydrogens is 290 g/mol. The first-order chi connectivity index (χ1) is 11.2. The molecule has 1 aromatic carbocycles. The topological polar surface area (TPSA) is 63.2 Å². The molecule has 2 rings (SSSR count). The Labute approximate surface area is 137 Å². The van der Waals surface area contributed by atoms with Crippen molar-refractivity contribution < 1.29 is 9.53 Å². The van der Waals surface area contributed by atoms with Crippen LogP contribution >= 0.6 is 0 Å². The minimum absolute atomic E-state index is 0.0647. The Kier molecular flexibility index (Phi) is 6.41. The number of carbonyl (C=O) groups excluding carboxylic acids is 1. The molecule has 5 nitrogen and oxygen atoms in total. The van der Waals surface area contributed by atoms with Gasteiger partial charge in [-0.25, -0.2) is 4.98 Å². The van der Waals surface area contributed by atoms with Gasteiger partial charge in [0.05, 0.1) is 7.11 Å². The number of carbonyl (C=O) groups is 1. The highest BCUT2D eigenvalue weighted by atomic mass is 16.5. The zero-order chi connectivity index (χ0) is 16.5. The first-order valence-electron chi connectivity index (χ1n) is 7.84. The van der Waals surface area contributed by atoms with Gasteiger partial charge in [0.15, 0.2) is 0 Å². The maximum absolute atomic E-state index is 11.9. The number of nitrogens with zero attached hydrogens (tertiary/aromatic N) is 1. The second kappa shape index (κ2) is 8.78. The van der Waals surface area contributed by atoms with Gasteiger partial charge in [0.1, 0.15) is 11.6 Å². The van der Waals surface area contributed by atoms with E-state index in [2.05, 4.69) is 21.7 Å². The number of hydrogen-bond donors (Lipinski definition) is 2. The molecule has 0 spiro atoms. The molecule has 0 aliphatic carbocycles. The van der Waals surface area contributed by atoms with Crippen molar-refractivity contribution >= 4 is 11.7 Å². The second-order valence-corrected chi connectivity index (χ2v) is 5.21. The van der Waals surface area contributed by atoms with Crippen LogP contribution in [0.4, 0.5) is 5.82 Å². The molecule has 5 heteroatoms. The lowest BCUT2D eigenvalue weighted by Gasteiger charge is -2.08. The zero-order valence-electron chi connectivity index (χ0n) is 13.6. The number of benzene rings is 1. The summed E-state index contributed by atoms with van der Waals surface area (Å²) < 4.78 is 5.22. The normalized spacial score (nSPS) is 10.2. The summed E-state index contributed by atoms with van der Waals surface area (Å²) in [6, 6.07) is 11.5. The van der Waals surface area contributed by atoms with Crippen LogP contribution in [-0.4, -0.2) is 31.1 Å². The van der Waals surface area contributed by atoms with Crippen LogP contribution in [-0.2, 0) is 6.42 Å². The number of methoxy groups -OCH3 is 1. The summed E-state index contributed by atoms with van der Waals surface area (Å²) in [7, 11) is 1.66. The first-order valence-corrected chi connectivity index (χ1v) is 7.84. The molecule has 0 saturated carbocycles. The molecule has 23 heavy (non-hydrogen) atoms. The third-order valence-electron chi connectivity index (χ3n) is 3.41. The average Bonchev–Trinajstić information content (AvgIpc) is 2.60. The molecule has 0 aliphatic rings. The summed E-state index contributed by atoms with van der Waals surface area (Å²) in [4.78, 5) is 16.2. The quantitative estimate of drug-likeness (QED) is 0.786. The van der Waals surface area contributed by atoms with E-state index in [4.69, 9.17) is 4.74 Å². The SMILES string of the molecule is CCCNC(=O)c1ccnc(NCCc2cccc(OC)c2)c1. The highest BCUT2D eigenvalue weighted by Gasteiger charge is 2.05. The number of ether oxygens (including phenoxy) is 1. The van der Waals surface area contributed by atoms with Crippen LogP contribution in [0.1, 0.15) is 29.3 Å². The largest absolute Gasteiger partial charge is 0.497 e. The average molecular weight is 313 g/mol. The Hall–Kier alpha value is -2.56. The van der Waals surface area contributed by atoms with Crippen LogP contribution < -0.4 is 15.4 Å². The smallest absolute Gasteiger partial charge is 0.251 e. The Bertz CT molecular complexity index is 644. The monoisotopic (exact) mass is 313 g/mol. The fourth-order valence-electron chi connectivity index (χ4n) is 2.17. The first kappa shape index (κ1) is 16.8. The zero-order valence-corrected chi connectivity index (χ0v) is 13.6. The van der Waals surface area contributed by atoms with Crippen molar-refractivity contribution in [2.24, 2.45) is 0 Å². The van der Waals surface area contributed by atoms with E-state index in [0.717, 1.165) is 25.1 Å². The van der Waals surface area contributed by atoms with Gasteiger partial charge in [-0.3, -0.25) is 4.79 Å². The van der Waals surface area contributed by atoms with Crippen molar-refractivity contribution in [3.05, 3.63) is 53.7 Å². The molecule has 0 atom stereocenters. The highest BCUT2D eigenvalue weighted by molar-refractivity contribution is 5.94. The molecule has 0 aliphatic heterocycles. The minimum Gasteiger partial charge on any atom is -0.497 e. The van der Waals surface area contributed by atoms with Gasteiger partial charge >= 0.3 is 0 Å². The van der Waals surface area contributed by atoms with Crippen LogP contribution in [0.5, 0.6) is 5.75 Å². The lowest BCUT2D eigenvalue weighted by molar-refractivity contribution is 0.0953. The van der Waals surface area contributed by atoms with Crippen LogP contribution in [0.2, 0.25) is 0 Å². The second-order valence-electron chi connectivity index (χ2n) is 5.21. The third kappa shape index (κ3) is 5.29. The Morgan fingerprint density at radius 2 is 2.09 bits per heavy atom. The van der Waals surface area contributed by atoms with Gasteiger partial charge in [0, 0.05) is 24.8 Å². The molecule has 0 fully saturated rings. The Balaban J connectivity index is 1.89. The van der Waals surface area contributed by atoms with Gasteiger partial charge in [-0.2, -0.15) is 0 Å². The van der Waals surface area contributed by atoms with Crippen LogP contribution in [0.25, 0.3) is 0 Å². The minimum atomic E-state index is -0.0647. The molecule has 0 unspecified atom stereocenters. The van der Waals surface area contributed by atoms with Crippen molar-refractivity contribution in [1.82, 2.24) is 10.3 Å². The predicted molar refractivity (Wildman–Crippen MR) is 92.0 cm³/mol. The van der Waals surface area contributed by atoms with E-state index in [1.54, 1.807) is 25.4 Å². The van der Waals surface area contributed by atoms with Crippen molar-refractivity contribution in [3.8, 4) is 5.75 Å². The fourth-order valence-corrected chi connectivity index (χ4v) is 2.17. The van der Waals surface area contributed by atoms with E-state index >= 15 is 0 Å². The molecular formula is C18H23N3O2. The number of rotatable bonds is 8. The number of pyridine rings is 1. The molecule has 1 heterocycles. The number of hydrogen-bond acceptors (Lipinski definition) is 4. The predicted octanol–water partition coefficient (Wildman–Crippen LogP) is 2.88. The van der Waals surface area contributed by atoms with E-state index in [1.165, 1.54) is 5.56 Å². The lowest BCUT2D eigenvalue weighted by Crippen LogP contribution is -2.24.